The Kier molecular flexibility index (Phi) is 4.95. The number of anilines is 2. The summed E-state index contributed by atoms with van der Waals surface area (Å²) in [6, 6.07) is 17.4. The first-order chi connectivity index (χ1) is 14.0. The summed E-state index contributed by atoms with van der Waals surface area (Å²) in [7, 11) is 0. The highest BCUT2D eigenvalue weighted by Crippen LogP contribution is 2.30. The van der Waals surface area contributed by atoms with Gasteiger partial charge < -0.3 is 10.6 Å². The highest BCUT2D eigenvalue weighted by molar-refractivity contribution is 6.03. The average Bonchev–Trinajstić information content (AvgIpc) is 3.55. The zero-order valence-corrected chi connectivity index (χ0v) is 15.9. The third-order valence-electron chi connectivity index (χ3n) is 4.68. The van der Waals surface area contributed by atoms with Crippen molar-refractivity contribution < 1.29 is 9.59 Å². The van der Waals surface area contributed by atoms with Crippen molar-refractivity contribution in [3.63, 3.8) is 0 Å². The first-order valence-corrected chi connectivity index (χ1v) is 9.40. The van der Waals surface area contributed by atoms with E-state index >= 15 is 0 Å². The molecule has 1 aromatic heterocycles. The fourth-order valence-electron chi connectivity index (χ4n) is 2.95. The van der Waals surface area contributed by atoms with E-state index in [9.17, 15) is 14.4 Å². The number of nitrogens with zero attached hydrogens (tertiary/aromatic N) is 2. The average molecular weight is 388 g/mol. The molecule has 1 heterocycles. The Labute approximate surface area is 167 Å². The van der Waals surface area contributed by atoms with Crippen molar-refractivity contribution >= 4 is 23.2 Å². The molecule has 2 amide bonds. The molecule has 3 aromatic rings. The zero-order valence-electron chi connectivity index (χ0n) is 15.9. The van der Waals surface area contributed by atoms with E-state index in [0.717, 1.165) is 18.5 Å². The van der Waals surface area contributed by atoms with Crippen LogP contribution in [0.2, 0.25) is 0 Å². The van der Waals surface area contributed by atoms with Crippen molar-refractivity contribution in [3.8, 4) is 5.69 Å². The molecule has 7 heteroatoms. The smallest absolute Gasteiger partial charge is 0.280 e. The summed E-state index contributed by atoms with van der Waals surface area (Å²) >= 11 is 0. The number of carbonyl (C=O) groups is 2. The van der Waals surface area contributed by atoms with Crippen molar-refractivity contribution in [2.75, 3.05) is 10.6 Å². The number of hydrogen-bond donors (Lipinski definition) is 2. The van der Waals surface area contributed by atoms with Crippen molar-refractivity contribution in [2.24, 2.45) is 5.92 Å². The molecule has 0 unspecified atom stereocenters. The number of amides is 2. The van der Waals surface area contributed by atoms with Crippen LogP contribution in [0.25, 0.3) is 5.69 Å². The Balaban J connectivity index is 1.52. The number of aryl methyl sites for hydroxylation is 1. The van der Waals surface area contributed by atoms with Crippen LogP contribution in [0.5, 0.6) is 0 Å². The summed E-state index contributed by atoms with van der Waals surface area (Å²) in [5, 5.41) is 9.78. The molecule has 0 atom stereocenters. The molecule has 2 N–H and O–H groups in total. The van der Waals surface area contributed by atoms with E-state index in [1.54, 1.807) is 35.9 Å². The highest BCUT2D eigenvalue weighted by atomic mass is 16.2. The van der Waals surface area contributed by atoms with E-state index < -0.39 is 11.3 Å². The van der Waals surface area contributed by atoms with Gasteiger partial charge in [-0.15, -0.1) is 0 Å². The van der Waals surface area contributed by atoms with Crippen LogP contribution in [0.1, 0.15) is 29.0 Å². The van der Waals surface area contributed by atoms with Crippen molar-refractivity contribution in [1.82, 2.24) is 9.78 Å². The largest absolute Gasteiger partial charge is 0.326 e. The SMILES string of the molecule is Cc1cc(=O)c(C(=O)Nc2ccc(NC(=O)C3CC3)cc2)nn1-c1ccccc1. The lowest BCUT2D eigenvalue weighted by Gasteiger charge is -2.11. The first-order valence-electron chi connectivity index (χ1n) is 9.40. The molecule has 0 aliphatic heterocycles. The summed E-state index contributed by atoms with van der Waals surface area (Å²) < 4.78 is 1.56. The number of nitrogens with one attached hydrogen (secondary N) is 2. The monoisotopic (exact) mass is 388 g/mol. The zero-order chi connectivity index (χ0) is 20.4. The fourth-order valence-corrected chi connectivity index (χ4v) is 2.95. The lowest BCUT2D eigenvalue weighted by atomic mass is 10.2. The van der Waals surface area contributed by atoms with Crippen LogP contribution in [0.4, 0.5) is 11.4 Å². The molecule has 1 saturated carbocycles. The Bertz CT molecular complexity index is 1120. The van der Waals surface area contributed by atoms with Gasteiger partial charge >= 0.3 is 0 Å². The maximum atomic E-state index is 12.6. The second kappa shape index (κ2) is 7.71. The molecular formula is C22H20N4O3. The van der Waals surface area contributed by atoms with Gasteiger partial charge in [-0.25, -0.2) is 4.68 Å². The summed E-state index contributed by atoms with van der Waals surface area (Å²) in [5.41, 5.74) is 1.93. The predicted octanol–water partition coefficient (Wildman–Crippen LogP) is 3.14. The first kappa shape index (κ1) is 18.6. The van der Waals surface area contributed by atoms with E-state index in [1.165, 1.54) is 6.07 Å². The van der Waals surface area contributed by atoms with Gasteiger partial charge in [0.25, 0.3) is 5.91 Å². The number of benzene rings is 2. The van der Waals surface area contributed by atoms with Crippen LogP contribution >= 0.6 is 0 Å². The van der Waals surface area contributed by atoms with Crippen LogP contribution < -0.4 is 16.1 Å². The van der Waals surface area contributed by atoms with Gasteiger partial charge in [-0.3, -0.25) is 14.4 Å². The van der Waals surface area contributed by atoms with Gasteiger partial charge in [-0.2, -0.15) is 5.10 Å². The van der Waals surface area contributed by atoms with Gasteiger partial charge in [0.1, 0.15) is 0 Å². The highest BCUT2D eigenvalue weighted by Gasteiger charge is 2.29. The number of rotatable bonds is 5. The van der Waals surface area contributed by atoms with Gasteiger partial charge in [0.15, 0.2) is 5.69 Å². The molecule has 0 saturated heterocycles. The normalized spacial score (nSPS) is 13.0. The Morgan fingerprint density at radius 3 is 2.21 bits per heavy atom. The maximum Gasteiger partial charge on any atom is 0.280 e. The number of para-hydroxylation sites is 1. The molecule has 0 spiro atoms. The van der Waals surface area contributed by atoms with Crippen LogP contribution in [0.3, 0.4) is 0 Å². The van der Waals surface area contributed by atoms with Crippen molar-refractivity contribution in [2.45, 2.75) is 19.8 Å². The van der Waals surface area contributed by atoms with Crippen LogP contribution in [-0.2, 0) is 4.79 Å². The topological polar surface area (TPSA) is 93.1 Å². The predicted molar refractivity (Wildman–Crippen MR) is 110 cm³/mol. The molecule has 146 valence electrons. The number of carbonyl (C=O) groups excluding carboxylic acids is 2. The second-order valence-corrected chi connectivity index (χ2v) is 7.04. The van der Waals surface area contributed by atoms with Crippen molar-refractivity contribution in [1.29, 1.82) is 0 Å². The molecule has 0 bridgehead atoms. The quantitative estimate of drug-likeness (QED) is 0.702. The maximum absolute atomic E-state index is 12.6. The third-order valence-corrected chi connectivity index (χ3v) is 4.68. The Hall–Kier alpha value is -3.74. The van der Waals surface area contributed by atoms with Gasteiger partial charge in [0.2, 0.25) is 11.3 Å². The minimum absolute atomic E-state index is 0.0205. The van der Waals surface area contributed by atoms with Gasteiger partial charge in [0, 0.05) is 29.1 Å². The molecule has 0 radical (unpaired) electrons. The Morgan fingerprint density at radius 2 is 1.59 bits per heavy atom. The molecule has 29 heavy (non-hydrogen) atoms. The lowest BCUT2D eigenvalue weighted by molar-refractivity contribution is -0.117. The van der Waals surface area contributed by atoms with Crippen LogP contribution in [0, 0.1) is 12.8 Å². The molecule has 2 aromatic carbocycles. The minimum Gasteiger partial charge on any atom is -0.326 e. The van der Waals surface area contributed by atoms with E-state index in [0.29, 0.717) is 17.1 Å². The summed E-state index contributed by atoms with van der Waals surface area (Å²) in [4.78, 5) is 36.8. The van der Waals surface area contributed by atoms with E-state index in [2.05, 4.69) is 15.7 Å². The minimum atomic E-state index is -0.588. The lowest BCUT2D eigenvalue weighted by Crippen LogP contribution is -2.26. The molecule has 1 fully saturated rings. The fraction of sp³-hybridized carbons (Fsp3) is 0.182. The van der Waals surface area contributed by atoms with Crippen molar-refractivity contribution in [3.05, 3.63) is 82.3 Å². The van der Waals surface area contributed by atoms with E-state index in [1.807, 2.05) is 30.3 Å². The molecule has 7 nitrogen and oxygen atoms in total. The standard InChI is InChI=1S/C22H20N4O3/c1-14-13-19(27)20(25-26(14)18-5-3-2-4-6-18)22(29)24-17-11-9-16(10-12-17)23-21(28)15-7-8-15/h2-6,9-13,15H,7-8H2,1H3,(H,23,28)(H,24,29). The summed E-state index contributed by atoms with van der Waals surface area (Å²) in [5.74, 6) is -0.449. The van der Waals surface area contributed by atoms with Gasteiger partial charge in [-0.1, -0.05) is 18.2 Å². The summed E-state index contributed by atoms with van der Waals surface area (Å²) in [6.45, 7) is 1.76. The van der Waals surface area contributed by atoms with Gasteiger partial charge in [-0.05, 0) is 56.2 Å². The van der Waals surface area contributed by atoms with Crippen LogP contribution in [-0.4, -0.2) is 21.6 Å². The molecular weight excluding hydrogens is 368 g/mol. The van der Waals surface area contributed by atoms with E-state index in [4.69, 9.17) is 0 Å². The van der Waals surface area contributed by atoms with E-state index in [-0.39, 0.29) is 17.5 Å². The summed E-state index contributed by atoms with van der Waals surface area (Å²) in [6.07, 6.45) is 1.87. The molecule has 1 aliphatic carbocycles. The van der Waals surface area contributed by atoms with Gasteiger partial charge in [0.05, 0.1) is 5.69 Å². The number of aromatic nitrogens is 2. The third kappa shape index (κ3) is 4.24. The van der Waals surface area contributed by atoms with Crippen LogP contribution in [0.15, 0.2) is 65.5 Å². The Morgan fingerprint density at radius 1 is 0.966 bits per heavy atom. The molecule has 1 aliphatic rings. The second-order valence-electron chi connectivity index (χ2n) is 7.04. The number of hydrogen-bond acceptors (Lipinski definition) is 4. The molecule has 4 rings (SSSR count).